The molecular formula is C24H24N4O2S2. The minimum Gasteiger partial charge on any atom is -0.497 e. The highest BCUT2D eigenvalue weighted by Crippen LogP contribution is 2.34. The summed E-state index contributed by atoms with van der Waals surface area (Å²) in [6.07, 6.45) is 6.06. The van der Waals surface area contributed by atoms with Crippen molar-refractivity contribution in [1.29, 1.82) is 0 Å². The van der Waals surface area contributed by atoms with Crippen molar-refractivity contribution in [2.75, 3.05) is 18.2 Å². The summed E-state index contributed by atoms with van der Waals surface area (Å²) in [5.74, 6) is 2.29. The van der Waals surface area contributed by atoms with Gasteiger partial charge < -0.3 is 10.1 Å². The van der Waals surface area contributed by atoms with Crippen molar-refractivity contribution in [2.24, 2.45) is 0 Å². The molecule has 2 aromatic heterocycles. The smallest absolute Gasteiger partial charge is 0.236 e. The first-order chi connectivity index (χ1) is 15.7. The Morgan fingerprint density at radius 2 is 1.94 bits per heavy atom. The van der Waals surface area contributed by atoms with E-state index in [2.05, 4.69) is 10.3 Å². The molecule has 1 amide bonds. The zero-order chi connectivity index (χ0) is 21.9. The van der Waals surface area contributed by atoms with Gasteiger partial charge in [0, 0.05) is 11.3 Å². The number of para-hydroxylation sites is 1. The second-order valence-corrected chi connectivity index (χ2v) is 9.92. The van der Waals surface area contributed by atoms with Crippen LogP contribution in [-0.4, -0.2) is 33.7 Å². The maximum absolute atomic E-state index is 12.7. The molecule has 4 aromatic rings. The van der Waals surface area contributed by atoms with Gasteiger partial charge in [0.25, 0.3) is 0 Å². The van der Waals surface area contributed by atoms with Gasteiger partial charge in [0.1, 0.15) is 16.6 Å². The zero-order valence-corrected chi connectivity index (χ0v) is 19.5. The molecule has 164 valence electrons. The molecule has 1 fully saturated rings. The molecule has 0 unspecified atom stereocenters. The zero-order valence-electron chi connectivity index (χ0n) is 17.8. The Hall–Kier alpha value is -2.71. The number of carbonyl (C=O) groups excluding carboxylic acids is 1. The van der Waals surface area contributed by atoms with E-state index in [-0.39, 0.29) is 11.7 Å². The normalized spacial score (nSPS) is 14.7. The third-order valence-electron chi connectivity index (χ3n) is 5.74. The van der Waals surface area contributed by atoms with Crippen molar-refractivity contribution in [1.82, 2.24) is 15.0 Å². The molecule has 0 aliphatic heterocycles. The number of hydrogen-bond donors (Lipinski definition) is 1. The molecule has 1 N–H and O–H groups in total. The number of nitrogens with one attached hydrogen (secondary N) is 1. The van der Waals surface area contributed by atoms with E-state index < -0.39 is 0 Å². The van der Waals surface area contributed by atoms with Crippen molar-refractivity contribution in [3.05, 3.63) is 48.3 Å². The van der Waals surface area contributed by atoms with Crippen LogP contribution >= 0.6 is 23.1 Å². The highest BCUT2D eigenvalue weighted by molar-refractivity contribution is 8.00. The van der Waals surface area contributed by atoms with Crippen LogP contribution in [0.5, 0.6) is 5.75 Å². The molecule has 32 heavy (non-hydrogen) atoms. The van der Waals surface area contributed by atoms with Gasteiger partial charge in [-0.1, -0.05) is 60.6 Å². The quantitative estimate of drug-likeness (QED) is 0.277. The van der Waals surface area contributed by atoms with Crippen LogP contribution in [0.1, 0.15) is 43.8 Å². The summed E-state index contributed by atoms with van der Waals surface area (Å²) in [7, 11) is 1.64. The minimum absolute atomic E-state index is 0.0945. The summed E-state index contributed by atoms with van der Waals surface area (Å²) in [6.45, 7) is 0. The highest BCUT2D eigenvalue weighted by atomic mass is 32.2. The van der Waals surface area contributed by atoms with Crippen LogP contribution in [0.15, 0.2) is 47.5 Å². The van der Waals surface area contributed by atoms with E-state index in [1.54, 1.807) is 7.11 Å². The topological polar surface area (TPSA) is 77.0 Å². The van der Waals surface area contributed by atoms with Gasteiger partial charge in [-0.3, -0.25) is 4.79 Å². The van der Waals surface area contributed by atoms with E-state index in [4.69, 9.17) is 14.7 Å². The third-order valence-corrected chi connectivity index (χ3v) is 7.66. The van der Waals surface area contributed by atoms with Crippen LogP contribution in [0.25, 0.3) is 21.1 Å². The fraction of sp³-hybridized carbons (Fsp3) is 0.333. The van der Waals surface area contributed by atoms with E-state index in [0.717, 1.165) is 50.6 Å². The number of hydrogen-bond acceptors (Lipinski definition) is 7. The molecule has 1 aliphatic rings. The number of rotatable bonds is 6. The molecule has 2 heterocycles. The van der Waals surface area contributed by atoms with Gasteiger partial charge in [-0.15, -0.1) is 0 Å². The van der Waals surface area contributed by atoms with E-state index >= 15 is 0 Å². The molecule has 1 aliphatic carbocycles. The molecule has 0 atom stereocenters. The average Bonchev–Trinajstić information content (AvgIpc) is 3.24. The Balaban J connectivity index is 1.32. The average molecular weight is 465 g/mol. The fourth-order valence-corrected chi connectivity index (χ4v) is 5.83. The van der Waals surface area contributed by atoms with Gasteiger partial charge >= 0.3 is 0 Å². The number of thiazole rings is 1. The number of anilines is 1. The van der Waals surface area contributed by atoms with Gasteiger partial charge in [0.05, 0.1) is 28.6 Å². The van der Waals surface area contributed by atoms with Crippen LogP contribution < -0.4 is 10.1 Å². The van der Waals surface area contributed by atoms with Crippen molar-refractivity contribution in [3.63, 3.8) is 0 Å². The SMILES string of the molecule is COc1ccc2nc(NC(=O)CSc3nc(C4CCCCC4)nc4ccccc34)sc2c1. The van der Waals surface area contributed by atoms with Gasteiger partial charge in [-0.2, -0.15) is 0 Å². The van der Waals surface area contributed by atoms with Crippen molar-refractivity contribution < 1.29 is 9.53 Å². The monoisotopic (exact) mass is 464 g/mol. The fourth-order valence-electron chi connectivity index (χ4n) is 4.09. The van der Waals surface area contributed by atoms with Crippen LogP contribution in [-0.2, 0) is 4.79 Å². The first-order valence-electron chi connectivity index (χ1n) is 10.8. The van der Waals surface area contributed by atoms with Crippen molar-refractivity contribution in [3.8, 4) is 5.75 Å². The van der Waals surface area contributed by atoms with Crippen molar-refractivity contribution in [2.45, 2.75) is 43.0 Å². The molecule has 8 heteroatoms. The summed E-state index contributed by atoms with van der Waals surface area (Å²) in [5, 5.41) is 5.39. The Labute approximate surface area is 194 Å². The summed E-state index contributed by atoms with van der Waals surface area (Å²) >= 11 is 2.90. The molecule has 1 saturated carbocycles. The van der Waals surface area contributed by atoms with Crippen LogP contribution in [0.2, 0.25) is 0 Å². The number of aromatic nitrogens is 3. The largest absolute Gasteiger partial charge is 0.497 e. The number of ether oxygens (including phenoxy) is 1. The molecule has 0 saturated heterocycles. The number of methoxy groups -OCH3 is 1. The van der Waals surface area contributed by atoms with Crippen LogP contribution in [0.4, 0.5) is 5.13 Å². The molecule has 5 rings (SSSR count). The van der Waals surface area contributed by atoms with Gasteiger partial charge in [0.15, 0.2) is 5.13 Å². The lowest BCUT2D eigenvalue weighted by molar-refractivity contribution is -0.113. The number of carbonyl (C=O) groups is 1. The number of fused-ring (bicyclic) bond motifs is 2. The number of thioether (sulfide) groups is 1. The lowest BCUT2D eigenvalue weighted by Gasteiger charge is -2.21. The predicted octanol–water partition coefficient (Wildman–Crippen LogP) is 6.03. The van der Waals surface area contributed by atoms with Gasteiger partial charge in [0.2, 0.25) is 5.91 Å². The first kappa shape index (κ1) is 21.2. The molecular weight excluding hydrogens is 440 g/mol. The standard InChI is InChI=1S/C24H24N4O2S2/c1-30-16-11-12-19-20(13-16)32-24(26-19)27-21(29)14-31-23-17-9-5-6-10-18(17)25-22(28-23)15-7-3-2-4-8-15/h5-6,9-13,15H,2-4,7-8,14H2,1H3,(H,26,27,29). The number of amides is 1. The summed E-state index contributed by atoms with van der Waals surface area (Å²) < 4.78 is 6.24. The van der Waals surface area contributed by atoms with Crippen molar-refractivity contribution >= 4 is 55.3 Å². The molecule has 0 spiro atoms. The summed E-state index contributed by atoms with van der Waals surface area (Å²) in [6, 6.07) is 13.7. The molecule has 0 bridgehead atoms. The maximum atomic E-state index is 12.7. The summed E-state index contributed by atoms with van der Waals surface area (Å²) in [5.41, 5.74) is 1.80. The lowest BCUT2D eigenvalue weighted by atomic mass is 9.88. The second-order valence-electron chi connectivity index (χ2n) is 7.93. The Bertz CT molecular complexity index is 1270. The van der Waals surface area contributed by atoms with Gasteiger partial charge in [-0.05, 0) is 37.1 Å². The van der Waals surface area contributed by atoms with E-state index in [0.29, 0.717) is 11.0 Å². The van der Waals surface area contributed by atoms with E-state index in [9.17, 15) is 4.79 Å². The number of benzene rings is 2. The summed E-state index contributed by atoms with van der Waals surface area (Å²) in [4.78, 5) is 26.9. The molecule has 6 nitrogen and oxygen atoms in total. The van der Waals surface area contributed by atoms with Crippen LogP contribution in [0, 0.1) is 0 Å². The van der Waals surface area contributed by atoms with E-state index in [1.807, 2.05) is 42.5 Å². The predicted molar refractivity (Wildman–Crippen MR) is 131 cm³/mol. The minimum atomic E-state index is -0.0945. The highest BCUT2D eigenvalue weighted by Gasteiger charge is 2.20. The third kappa shape index (κ3) is 4.56. The van der Waals surface area contributed by atoms with Crippen LogP contribution in [0.3, 0.4) is 0 Å². The number of nitrogens with zero attached hydrogens (tertiary/aromatic N) is 3. The Morgan fingerprint density at radius 3 is 2.78 bits per heavy atom. The molecule has 0 radical (unpaired) electrons. The van der Waals surface area contributed by atoms with E-state index in [1.165, 1.54) is 42.4 Å². The second kappa shape index (κ2) is 9.42. The Morgan fingerprint density at radius 1 is 1.09 bits per heavy atom. The maximum Gasteiger partial charge on any atom is 0.236 e. The Kier molecular flexibility index (Phi) is 6.23. The first-order valence-corrected chi connectivity index (χ1v) is 12.6. The lowest BCUT2D eigenvalue weighted by Crippen LogP contribution is -2.14. The van der Waals surface area contributed by atoms with Gasteiger partial charge in [-0.25, -0.2) is 15.0 Å². The molecule has 2 aromatic carbocycles.